The Morgan fingerprint density at radius 1 is 1.20 bits per heavy atom. The van der Waals surface area contributed by atoms with Gasteiger partial charge in [0.25, 0.3) is 5.91 Å². The minimum absolute atomic E-state index is 0.149. The lowest BCUT2D eigenvalue weighted by atomic mass is 10.1. The van der Waals surface area contributed by atoms with Crippen LogP contribution in [0.1, 0.15) is 32.7 Å². The Balaban J connectivity index is 1.33. The summed E-state index contributed by atoms with van der Waals surface area (Å²) in [5, 5.41) is 2.84. The van der Waals surface area contributed by atoms with Crippen molar-refractivity contribution in [3.05, 3.63) is 64.5 Å². The monoisotopic (exact) mass is 421 g/mol. The van der Waals surface area contributed by atoms with Gasteiger partial charge in [-0.1, -0.05) is 12.1 Å². The summed E-state index contributed by atoms with van der Waals surface area (Å²) in [5.41, 5.74) is 2.44. The van der Waals surface area contributed by atoms with Crippen LogP contribution in [0.4, 0.5) is 13.2 Å². The van der Waals surface area contributed by atoms with E-state index in [-0.39, 0.29) is 12.0 Å². The van der Waals surface area contributed by atoms with E-state index in [1.807, 2.05) is 6.07 Å². The number of alkyl halides is 3. The van der Waals surface area contributed by atoms with E-state index in [9.17, 15) is 18.0 Å². The summed E-state index contributed by atoms with van der Waals surface area (Å²) in [4.78, 5) is 18.9. The molecule has 6 nitrogen and oxygen atoms in total. The van der Waals surface area contributed by atoms with E-state index < -0.39 is 11.7 Å². The SMILES string of the molecule is O=C(NCC1COCCO1)c1cnc2c(c1)CN(Cc1ccc(C(F)(F)F)cc1)C2. The highest BCUT2D eigenvalue weighted by atomic mass is 19.4. The molecule has 1 aromatic carbocycles. The van der Waals surface area contributed by atoms with Gasteiger partial charge in [-0.05, 0) is 29.3 Å². The fraction of sp³-hybridized carbons (Fsp3) is 0.429. The fourth-order valence-corrected chi connectivity index (χ4v) is 3.58. The molecule has 4 rings (SSSR count). The van der Waals surface area contributed by atoms with Gasteiger partial charge in [0, 0.05) is 32.4 Å². The molecule has 3 heterocycles. The highest BCUT2D eigenvalue weighted by molar-refractivity contribution is 5.94. The average Bonchev–Trinajstić information content (AvgIpc) is 3.14. The first-order chi connectivity index (χ1) is 14.4. The molecule has 30 heavy (non-hydrogen) atoms. The zero-order chi connectivity index (χ0) is 21.1. The molecule has 2 aliphatic rings. The van der Waals surface area contributed by atoms with Gasteiger partial charge >= 0.3 is 6.18 Å². The van der Waals surface area contributed by atoms with Crippen LogP contribution in [0, 0.1) is 0 Å². The molecular weight excluding hydrogens is 399 g/mol. The standard InChI is InChI=1S/C21H22F3N3O3/c22-21(23,24)17-3-1-14(2-4-17)10-27-11-16-7-15(8-25-19(16)12-27)20(28)26-9-18-13-29-5-6-30-18/h1-4,7-8,18H,5-6,9-13H2,(H,26,28). The summed E-state index contributed by atoms with van der Waals surface area (Å²) in [6, 6.07) is 7.01. The lowest BCUT2D eigenvalue weighted by molar-refractivity contribution is -0.137. The van der Waals surface area contributed by atoms with Crippen LogP contribution in [0.25, 0.3) is 0 Å². The molecule has 0 saturated carbocycles. The number of hydrogen-bond donors (Lipinski definition) is 1. The van der Waals surface area contributed by atoms with Crippen LogP contribution in [0.2, 0.25) is 0 Å². The minimum atomic E-state index is -4.33. The maximum Gasteiger partial charge on any atom is 0.416 e. The van der Waals surface area contributed by atoms with Gasteiger partial charge in [-0.3, -0.25) is 14.7 Å². The number of hydrogen-bond acceptors (Lipinski definition) is 5. The Morgan fingerprint density at radius 3 is 2.70 bits per heavy atom. The molecule has 0 spiro atoms. The van der Waals surface area contributed by atoms with Crippen molar-refractivity contribution in [1.82, 2.24) is 15.2 Å². The van der Waals surface area contributed by atoms with Crippen LogP contribution in [-0.2, 0) is 35.3 Å². The van der Waals surface area contributed by atoms with Crippen LogP contribution >= 0.6 is 0 Å². The second-order valence-electron chi connectivity index (χ2n) is 7.45. The maximum absolute atomic E-state index is 12.7. The molecule has 2 aliphatic heterocycles. The van der Waals surface area contributed by atoms with Crippen LogP contribution in [0.15, 0.2) is 36.5 Å². The highest BCUT2D eigenvalue weighted by Gasteiger charge is 2.30. The number of ether oxygens (including phenoxy) is 2. The summed E-state index contributed by atoms with van der Waals surface area (Å²) in [6.45, 7) is 3.61. The molecule has 0 aliphatic carbocycles. The third-order valence-corrected chi connectivity index (χ3v) is 5.15. The molecule has 1 unspecified atom stereocenters. The van der Waals surface area contributed by atoms with Crippen LogP contribution in [-0.4, -0.2) is 48.3 Å². The molecule has 1 fully saturated rings. The summed E-state index contributed by atoms with van der Waals surface area (Å²) < 4.78 is 48.9. The van der Waals surface area contributed by atoms with Crippen molar-refractivity contribution >= 4 is 5.91 Å². The first-order valence-electron chi connectivity index (χ1n) is 9.72. The fourth-order valence-electron chi connectivity index (χ4n) is 3.58. The van der Waals surface area contributed by atoms with Crippen molar-refractivity contribution < 1.29 is 27.4 Å². The maximum atomic E-state index is 12.7. The third kappa shape index (κ3) is 4.97. The van der Waals surface area contributed by atoms with E-state index in [1.165, 1.54) is 12.1 Å². The Hall–Kier alpha value is -2.49. The van der Waals surface area contributed by atoms with Gasteiger partial charge in [0.2, 0.25) is 0 Å². The van der Waals surface area contributed by atoms with E-state index in [0.29, 0.717) is 51.6 Å². The molecule has 9 heteroatoms. The lowest BCUT2D eigenvalue weighted by Gasteiger charge is -2.23. The van der Waals surface area contributed by atoms with E-state index in [2.05, 4.69) is 15.2 Å². The number of amides is 1. The molecule has 0 bridgehead atoms. The van der Waals surface area contributed by atoms with Gasteiger partial charge in [-0.2, -0.15) is 13.2 Å². The molecule has 1 atom stereocenters. The van der Waals surface area contributed by atoms with E-state index >= 15 is 0 Å². The second kappa shape index (κ2) is 8.71. The second-order valence-corrected chi connectivity index (χ2v) is 7.45. The Morgan fingerprint density at radius 2 is 2.00 bits per heavy atom. The van der Waals surface area contributed by atoms with Gasteiger partial charge in [0.05, 0.1) is 42.7 Å². The third-order valence-electron chi connectivity index (χ3n) is 5.15. The Labute approximate surface area is 172 Å². The number of nitrogens with zero attached hydrogens (tertiary/aromatic N) is 2. The zero-order valence-electron chi connectivity index (χ0n) is 16.2. The highest BCUT2D eigenvalue weighted by Crippen LogP contribution is 2.30. The average molecular weight is 421 g/mol. The van der Waals surface area contributed by atoms with Crippen molar-refractivity contribution in [3.8, 4) is 0 Å². The summed E-state index contributed by atoms with van der Waals surface area (Å²) in [5.74, 6) is -0.222. The predicted molar refractivity (Wildman–Crippen MR) is 102 cm³/mol. The van der Waals surface area contributed by atoms with Gasteiger partial charge < -0.3 is 14.8 Å². The van der Waals surface area contributed by atoms with Gasteiger partial charge in [0.1, 0.15) is 0 Å². The molecule has 1 aromatic heterocycles. The molecular formula is C21H22F3N3O3. The molecule has 1 amide bonds. The van der Waals surface area contributed by atoms with Crippen molar-refractivity contribution in [3.63, 3.8) is 0 Å². The van der Waals surface area contributed by atoms with Crippen molar-refractivity contribution in [1.29, 1.82) is 0 Å². The number of halogens is 3. The van der Waals surface area contributed by atoms with E-state index in [4.69, 9.17) is 9.47 Å². The molecule has 1 saturated heterocycles. The van der Waals surface area contributed by atoms with Gasteiger partial charge in [-0.25, -0.2) is 0 Å². The molecule has 0 radical (unpaired) electrons. The lowest BCUT2D eigenvalue weighted by Crippen LogP contribution is -2.39. The van der Waals surface area contributed by atoms with Gasteiger partial charge in [-0.15, -0.1) is 0 Å². The van der Waals surface area contributed by atoms with Crippen LogP contribution < -0.4 is 5.32 Å². The number of benzene rings is 1. The van der Waals surface area contributed by atoms with E-state index in [1.54, 1.807) is 6.20 Å². The number of fused-ring (bicyclic) bond motifs is 1. The predicted octanol–water partition coefficient (Wildman–Crippen LogP) is 2.76. The quantitative estimate of drug-likeness (QED) is 0.805. The first-order valence-corrected chi connectivity index (χ1v) is 9.72. The summed E-state index contributed by atoms with van der Waals surface area (Å²) in [7, 11) is 0. The number of pyridine rings is 1. The Kier molecular flexibility index (Phi) is 6.03. The molecule has 160 valence electrons. The Bertz CT molecular complexity index is 897. The number of carbonyl (C=O) groups excluding carboxylic acids is 1. The van der Waals surface area contributed by atoms with E-state index in [0.717, 1.165) is 29.0 Å². The van der Waals surface area contributed by atoms with Crippen molar-refractivity contribution in [2.75, 3.05) is 26.4 Å². The smallest absolute Gasteiger partial charge is 0.376 e. The summed E-state index contributed by atoms with van der Waals surface area (Å²) >= 11 is 0. The van der Waals surface area contributed by atoms with Crippen LogP contribution in [0.5, 0.6) is 0 Å². The number of aromatic nitrogens is 1. The largest absolute Gasteiger partial charge is 0.416 e. The summed E-state index contributed by atoms with van der Waals surface area (Å²) in [6.07, 6.45) is -2.93. The topological polar surface area (TPSA) is 63.7 Å². The normalized spacial score (nSPS) is 19.5. The zero-order valence-corrected chi connectivity index (χ0v) is 16.2. The first kappa shape index (κ1) is 20.8. The van der Waals surface area contributed by atoms with Crippen molar-refractivity contribution in [2.24, 2.45) is 0 Å². The van der Waals surface area contributed by atoms with Gasteiger partial charge in [0.15, 0.2) is 0 Å². The molecule has 2 aromatic rings. The number of carbonyl (C=O) groups is 1. The number of rotatable bonds is 5. The minimum Gasteiger partial charge on any atom is -0.376 e. The van der Waals surface area contributed by atoms with Crippen LogP contribution in [0.3, 0.4) is 0 Å². The molecule has 1 N–H and O–H groups in total. The number of nitrogens with one attached hydrogen (secondary N) is 1. The van der Waals surface area contributed by atoms with Crippen molar-refractivity contribution in [2.45, 2.75) is 31.9 Å².